The van der Waals surface area contributed by atoms with Crippen LogP contribution in [0.2, 0.25) is 0 Å². The first-order valence-electron chi connectivity index (χ1n) is 38.2. The summed E-state index contributed by atoms with van der Waals surface area (Å²) in [5.41, 5.74) is 31.1. The smallest absolute Gasteiger partial charge is 0.245 e. The molecule has 34 heteroatoms. The highest BCUT2D eigenvalue weighted by atomic mass is 32.2. The molecule has 0 spiro atoms. The lowest BCUT2D eigenvalue weighted by Gasteiger charge is -2.32. The minimum absolute atomic E-state index is 0.00195. The van der Waals surface area contributed by atoms with Crippen molar-refractivity contribution in [2.24, 2.45) is 34.6 Å². The Balaban J connectivity index is 1.20. The molecule has 4 aromatic rings. The average Bonchev–Trinajstić information content (AvgIpc) is 1.75. The zero-order valence-corrected chi connectivity index (χ0v) is 65.3. The van der Waals surface area contributed by atoms with Crippen LogP contribution in [0.15, 0.2) is 115 Å². The molecule has 1 unspecified atom stereocenters. The third-order valence-electron chi connectivity index (χ3n) is 19.4. The van der Waals surface area contributed by atoms with Crippen molar-refractivity contribution in [3.05, 3.63) is 143 Å². The second-order valence-corrected chi connectivity index (χ2v) is 29.7. The van der Waals surface area contributed by atoms with Crippen LogP contribution in [0, 0.1) is 11.3 Å². The molecular formula is C79H110N18O15S. The van der Waals surface area contributed by atoms with Crippen LogP contribution in [0.4, 0.5) is 0 Å². The van der Waals surface area contributed by atoms with E-state index in [9.17, 15) is 67.1 Å². The van der Waals surface area contributed by atoms with E-state index in [-0.39, 0.29) is 114 Å². The van der Waals surface area contributed by atoms with Crippen LogP contribution in [-0.2, 0) is 80.0 Å². The van der Waals surface area contributed by atoms with Crippen molar-refractivity contribution in [2.45, 2.75) is 196 Å². The van der Waals surface area contributed by atoms with E-state index in [1.165, 1.54) is 21.6 Å². The van der Waals surface area contributed by atoms with Crippen LogP contribution in [-0.4, -0.2) is 209 Å². The summed E-state index contributed by atoms with van der Waals surface area (Å²) < 4.78 is 0. The summed E-state index contributed by atoms with van der Waals surface area (Å²) in [5, 5.41) is 34.2. The van der Waals surface area contributed by atoms with Gasteiger partial charge in [0.1, 0.15) is 54.4 Å². The quantitative estimate of drug-likeness (QED) is 0.0117. The number of hydrogen-bond donors (Lipinski definition) is 16. The minimum Gasteiger partial charge on any atom is -0.370 e. The number of likely N-dealkylation sites (tertiary alicyclic amines) is 2. The number of unbranched alkanes of at least 4 members (excludes halogenated alkanes) is 1. The lowest BCUT2D eigenvalue weighted by molar-refractivity contribution is -0.144. The molecule has 11 atom stereocenters. The number of nitrogens with one attached hydrogen (secondary N) is 11. The molecule has 2 heterocycles. The van der Waals surface area contributed by atoms with E-state index < -0.39 is 175 Å². The van der Waals surface area contributed by atoms with Crippen LogP contribution in [0.5, 0.6) is 0 Å². The van der Waals surface area contributed by atoms with Gasteiger partial charge in [-0.25, -0.2) is 0 Å². The Morgan fingerprint density at radius 2 is 0.965 bits per heavy atom. The molecule has 2 aliphatic rings. The van der Waals surface area contributed by atoms with E-state index in [1.807, 2.05) is 20.1 Å². The first-order chi connectivity index (χ1) is 53.9. The van der Waals surface area contributed by atoms with Gasteiger partial charge in [-0.05, 0) is 131 Å². The Labute approximate surface area is 662 Å². The van der Waals surface area contributed by atoms with Gasteiger partial charge in [0.25, 0.3) is 0 Å². The summed E-state index contributed by atoms with van der Waals surface area (Å²) in [5.74, 6) is -11.6. The Hall–Kier alpha value is -11.3. The molecular weight excluding hydrogens is 1470 g/mol. The summed E-state index contributed by atoms with van der Waals surface area (Å²) in [6.45, 7) is 5.28. The predicted octanol–water partition coefficient (Wildman–Crippen LogP) is -0.309. The maximum atomic E-state index is 15.1. The number of amides is 14. The molecule has 33 nitrogen and oxygen atoms in total. The molecule has 612 valence electrons. The highest BCUT2D eigenvalue weighted by molar-refractivity contribution is 7.98. The monoisotopic (exact) mass is 1580 g/mol. The molecule has 0 saturated carbocycles. The summed E-state index contributed by atoms with van der Waals surface area (Å²) in [7, 11) is 0. The van der Waals surface area contributed by atoms with Crippen molar-refractivity contribution in [2.75, 3.05) is 44.7 Å². The van der Waals surface area contributed by atoms with Gasteiger partial charge in [-0.2, -0.15) is 11.8 Å². The number of nitrogens with zero attached hydrogens (tertiary/aromatic N) is 2. The second-order valence-electron chi connectivity index (χ2n) is 28.7. The van der Waals surface area contributed by atoms with Gasteiger partial charge < -0.3 is 91.6 Å². The number of hydrogen-bond acceptors (Lipinski definition) is 18. The Kier molecular flexibility index (Phi) is 37.3. The van der Waals surface area contributed by atoms with Crippen molar-refractivity contribution in [3.8, 4) is 0 Å². The van der Waals surface area contributed by atoms with Crippen molar-refractivity contribution in [3.63, 3.8) is 0 Å². The molecule has 6 rings (SSSR count). The summed E-state index contributed by atoms with van der Waals surface area (Å²) >= 11 is 1.45. The maximum Gasteiger partial charge on any atom is 0.245 e. The normalized spacial score (nSPS) is 16.2. The van der Waals surface area contributed by atoms with Crippen LogP contribution >= 0.6 is 11.8 Å². The van der Waals surface area contributed by atoms with E-state index in [1.54, 1.807) is 122 Å². The van der Waals surface area contributed by atoms with Gasteiger partial charge in [-0.15, -0.1) is 0 Å². The standard InChI is InChI=1S/C79H110N18O15S/c1-47(2)42-59(73(107)90-55(68(83)102)36-41-113-4)89-66(100)46-88-70(104)60(43-49-20-8-5-9-21-49)94-74(108)61(44-50-22-10-6-11-23-50)95-72(106)56(32-34-64(81)98)91-71(105)57(33-35-65(82)99)92-75(109)63-31-19-40-97(63)78(112)58(93-76(110)62-30-18-39-96(62)77(111)54(80)28-17-38-87-79(84)85)29-14-15-37-86-69(103)48(3)52-26-16-27-53(45-52)67(101)51-24-12-7-13-25-51/h5-13,16,20-27,45,47-48,54-63H,14-15,17-19,28-44,46,80H2,1-4H3,(H2,81,98)(H2,82,99)(H2,83,102)(H,86,103)(H,88,104)(H,89,100)(H,90,107)(H,91,105)(H,92,109)(H,93,110)(H,94,108)(H,95,106)(H4,84,85,87)/t48?,54-,55-,56-,57-,58-,59-,60-,61-,62-,63-/m0/s1. The number of primary amides is 3. The summed E-state index contributed by atoms with van der Waals surface area (Å²) in [4.78, 5) is 211. The molecule has 113 heavy (non-hydrogen) atoms. The highest BCUT2D eigenvalue weighted by Gasteiger charge is 2.43. The lowest BCUT2D eigenvalue weighted by Crippen LogP contribution is -2.60. The average molecular weight is 1580 g/mol. The third kappa shape index (κ3) is 30.0. The van der Waals surface area contributed by atoms with E-state index in [2.05, 4.69) is 53.2 Å². The van der Waals surface area contributed by atoms with E-state index in [0.29, 0.717) is 52.8 Å². The number of benzene rings is 4. The topological polar surface area (TPSA) is 537 Å². The molecule has 0 bridgehead atoms. The number of nitrogens with two attached hydrogens (primary N) is 5. The van der Waals surface area contributed by atoms with Crippen molar-refractivity contribution >= 4 is 106 Å². The molecule has 2 aliphatic heterocycles. The molecule has 0 aliphatic carbocycles. The summed E-state index contributed by atoms with van der Waals surface area (Å²) in [6.07, 6.45) is 2.07. The fourth-order valence-electron chi connectivity index (χ4n) is 13.3. The van der Waals surface area contributed by atoms with Crippen molar-refractivity contribution < 1.29 is 71.9 Å². The number of carbonyl (C=O) groups excluding carboxylic acids is 15. The van der Waals surface area contributed by atoms with E-state index in [0.717, 1.165) is 0 Å². The second kappa shape index (κ2) is 46.5. The molecule has 4 aromatic carbocycles. The number of rotatable bonds is 47. The van der Waals surface area contributed by atoms with Gasteiger partial charge in [-0.1, -0.05) is 123 Å². The fourth-order valence-corrected chi connectivity index (χ4v) is 13.7. The van der Waals surface area contributed by atoms with Crippen LogP contribution in [0.1, 0.15) is 156 Å². The molecule has 2 fully saturated rings. The van der Waals surface area contributed by atoms with Gasteiger partial charge in [-0.3, -0.25) is 77.3 Å². The zero-order valence-electron chi connectivity index (χ0n) is 64.5. The highest BCUT2D eigenvalue weighted by Crippen LogP contribution is 2.25. The van der Waals surface area contributed by atoms with Crippen molar-refractivity contribution in [1.82, 2.24) is 63.0 Å². The molecule has 0 radical (unpaired) electrons. The number of carbonyl (C=O) groups is 15. The predicted molar refractivity (Wildman–Crippen MR) is 424 cm³/mol. The van der Waals surface area contributed by atoms with Crippen LogP contribution in [0.25, 0.3) is 0 Å². The van der Waals surface area contributed by atoms with Crippen LogP contribution in [0.3, 0.4) is 0 Å². The van der Waals surface area contributed by atoms with Gasteiger partial charge in [0.05, 0.1) is 18.5 Å². The first kappa shape index (κ1) is 90.6. The van der Waals surface area contributed by atoms with Gasteiger partial charge >= 0.3 is 0 Å². The number of guanidine groups is 1. The third-order valence-corrected chi connectivity index (χ3v) is 20.1. The van der Waals surface area contributed by atoms with E-state index >= 15 is 4.79 Å². The molecule has 2 saturated heterocycles. The minimum atomic E-state index is -1.69. The largest absolute Gasteiger partial charge is 0.370 e. The van der Waals surface area contributed by atoms with E-state index in [4.69, 9.17) is 34.1 Å². The van der Waals surface area contributed by atoms with Gasteiger partial charge in [0.15, 0.2) is 11.7 Å². The summed E-state index contributed by atoms with van der Waals surface area (Å²) in [6, 6.07) is 19.4. The molecule has 21 N–H and O–H groups in total. The molecule has 0 aromatic heterocycles. The van der Waals surface area contributed by atoms with Crippen molar-refractivity contribution in [1.29, 1.82) is 5.41 Å². The first-order valence-corrected chi connectivity index (χ1v) is 39.6. The Morgan fingerprint density at radius 1 is 0.478 bits per heavy atom. The van der Waals surface area contributed by atoms with Gasteiger partial charge in [0.2, 0.25) is 82.7 Å². The zero-order chi connectivity index (χ0) is 82.7. The molecule has 14 amide bonds. The maximum absolute atomic E-state index is 15.1. The number of ketones is 1. The van der Waals surface area contributed by atoms with Crippen LogP contribution < -0.4 is 81.8 Å². The fraction of sp³-hybridized carbons (Fsp3) is 0.494. The lowest BCUT2D eigenvalue weighted by atomic mass is 9.95. The van der Waals surface area contributed by atoms with Gasteiger partial charge in [0, 0.05) is 63.0 Å². The Bertz CT molecular complexity index is 3950. The Morgan fingerprint density at radius 3 is 1.50 bits per heavy atom. The SMILES string of the molecule is CSCC[C@H](NC(=O)[C@H](CC(C)C)NC(=O)CNC(=O)[C@H](Cc1ccccc1)NC(=O)[C@H](Cc1ccccc1)NC(=O)[C@H](CCC(N)=O)NC(=O)[C@H](CCC(N)=O)NC(=O)[C@@H]1CCCN1C(=O)[C@H](CCCCNC(=O)C(C)c1cccc(C(=O)c2ccccc2)c1)NC(=O)[C@@H]1CCCN1C(=O)[C@@H](N)CCCNC(=N)N)C(N)=O. The number of thioether (sulfide) groups is 1.